The molecule has 0 bridgehead atoms. The first-order valence-corrected chi connectivity index (χ1v) is 12.0. The summed E-state index contributed by atoms with van der Waals surface area (Å²) >= 11 is 0. The third kappa shape index (κ3) is 4.69. The second-order valence-electron chi connectivity index (χ2n) is 7.67. The Hall–Kier alpha value is -3.92. The molecule has 0 unspecified atom stereocenters. The van der Waals surface area contributed by atoms with Crippen molar-refractivity contribution in [1.29, 1.82) is 0 Å². The number of hydrogen-bond acceptors (Lipinski definition) is 7. The number of fused-ring (bicyclic) bond motifs is 1. The fraction of sp³-hybridized carbons (Fsp3) is 0.200. The zero-order valence-electron chi connectivity index (χ0n) is 19.0. The van der Waals surface area contributed by atoms with E-state index >= 15 is 0 Å². The lowest BCUT2D eigenvalue weighted by Gasteiger charge is -2.20. The van der Waals surface area contributed by atoms with E-state index in [0.29, 0.717) is 12.1 Å². The minimum Gasteiger partial charge on any atom is -0.496 e. The minimum atomic E-state index is -3.97. The van der Waals surface area contributed by atoms with E-state index in [0.717, 1.165) is 17.7 Å². The van der Waals surface area contributed by atoms with E-state index in [4.69, 9.17) is 14.2 Å². The number of halogens is 1. The van der Waals surface area contributed by atoms with E-state index in [2.05, 4.69) is 0 Å². The van der Waals surface area contributed by atoms with Crippen LogP contribution >= 0.6 is 0 Å². The quantitative estimate of drug-likeness (QED) is 0.345. The van der Waals surface area contributed by atoms with Crippen LogP contribution in [0.5, 0.6) is 11.5 Å². The highest BCUT2D eigenvalue weighted by molar-refractivity contribution is 7.92. The van der Waals surface area contributed by atoms with Crippen LogP contribution in [-0.4, -0.2) is 47.5 Å². The number of ether oxygens (including phenoxy) is 3. The highest BCUT2D eigenvalue weighted by atomic mass is 32.2. The number of esters is 1. The zero-order valence-corrected chi connectivity index (χ0v) is 19.8. The van der Waals surface area contributed by atoms with E-state index in [1.807, 2.05) is 12.1 Å². The van der Waals surface area contributed by atoms with Gasteiger partial charge in [0.2, 0.25) is 0 Å². The SMILES string of the molecule is COc1ccc(C(=O)COC(=O)c2cc(S(=O)(=O)N3CCc4ccccc43)ccc2OC)cc1F. The highest BCUT2D eigenvalue weighted by Crippen LogP contribution is 2.34. The van der Waals surface area contributed by atoms with Gasteiger partial charge >= 0.3 is 5.97 Å². The van der Waals surface area contributed by atoms with Crippen LogP contribution in [0.2, 0.25) is 0 Å². The predicted octanol–water partition coefficient (Wildman–Crippen LogP) is 3.63. The molecule has 0 radical (unpaired) electrons. The summed E-state index contributed by atoms with van der Waals surface area (Å²) in [5, 5.41) is 0. The standard InChI is InChI=1S/C25H22FNO7S/c1-32-23-10-8-18(35(30,31)27-12-11-16-5-3-4-6-21(16)27)14-19(23)25(29)34-15-22(28)17-7-9-24(33-2)20(26)13-17/h3-10,13-14H,11-12,15H2,1-2H3. The number of Topliss-reactive ketones (excluding diaryl/α,β-unsaturated/α-hetero) is 1. The van der Waals surface area contributed by atoms with Crippen molar-refractivity contribution < 1.29 is 36.6 Å². The van der Waals surface area contributed by atoms with Crippen molar-refractivity contribution in [2.24, 2.45) is 0 Å². The molecule has 0 aromatic heterocycles. The maximum Gasteiger partial charge on any atom is 0.342 e. The Bertz CT molecular complexity index is 1400. The largest absolute Gasteiger partial charge is 0.496 e. The second kappa shape index (κ2) is 9.75. The Morgan fingerprint density at radius 3 is 2.40 bits per heavy atom. The first kappa shape index (κ1) is 24.2. The monoisotopic (exact) mass is 499 g/mol. The predicted molar refractivity (Wildman–Crippen MR) is 125 cm³/mol. The lowest BCUT2D eigenvalue weighted by Crippen LogP contribution is -2.29. The summed E-state index contributed by atoms with van der Waals surface area (Å²) < 4.78 is 57.0. The molecule has 0 amide bonds. The van der Waals surface area contributed by atoms with Crippen LogP contribution in [0.3, 0.4) is 0 Å². The van der Waals surface area contributed by atoms with Gasteiger partial charge < -0.3 is 14.2 Å². The Labute approximate surface area is 201 Å². The molecule has 8 nitrogen and oxygen atoms in total. The number of sulfonamides is 1. The first-order valence-electron chi connectivity index (χ1n) is 10.6. The van der Waals surface area contributed by atoms with Gasteiger partial charge in [0.05, 0.1) is 24.8 Å². The van der Waals surface area contributed by atoms with Crippen LogP contribution in [0.15, 0.2) is 65.6 Å². The number of anilines is 1. The van der Waals surface area contributed by atoms with Crippen LogP contribution in [0.4, 0.5) is 10.1 Å². The van der Waals surface area contributed by atoms with Gasteiger partial charge in [-0.05, 0) is 54.4 Å². The third-order valence-electron chi connectivity index (χ3n) is 5.63. The molecule has 0 N–H and O–H groups in total. The number of methoxy groups -OCH3 is 2. The number of ketones is 1. The summed E-state index contributed by atoms with van der Waals surface area (Å²) in [5.74, 6) is -2.27. The summed E-state index contributed by atoms with van der Waals surface area (Å²) in [6.45, 7) is -0.398. The molecule has 0 aliphatic carbocycles. The van der Waals surface area contributed by atoms with Crippen LogP contribution in [0.1, 0.15) is 26.3 Å². The van der Waals surface area contributed by atoms with Gasteiger partial charge in [-0.15, -0.1) is 0 Å². The molecule has 35 heavy (non-hydrogen) atoms. The van der Waals surface area contributed by atoms with Crippen molar-refractivity contribution in [3.8, 4) is 11.5 Å². The number of nitrogens with zero attached hydrogens (tertiary/aromatic N) is 1. The van der Waals surface area contributed by atoms with Crippen LogP contribution in [0, 0.1) is 5.82 Å². The van der Waals surface area contributed by atoms with E-state index < -0.39 is 34.2 Å². The maximum atomic E-state index is 13.9. The smallest absolute Gasteiger partial charge is 0.342 e. The number of rotatable bonds is 8. The Balaban J connectivity index is 1.55. The number of carbonyl (C=O) groups excluding carboxylic acids is 2. The summed E-state index contributed by atoms with van der Waals surface area (Å²) in [6, 6.07) is 14.7. The van der Waals surface area contributed by atoms with Gasteiger partial charge in [-0.1, -0.05) is 18.2 Å². The van der Waals surface area contributed by atoms with Gasteiger partial charge in [-0.3, -0.25) is 9.10 Å². The molecule has 10 heteroatoms. The lowest BCUT2D eigenvalue weighted by atomic mass is 10.1. The summed E-state index contributed by atoms with van der Waals surface area (Å²) in [5.41, 5.74) is 1.34. The maximum absolute atomic E-state index is 13.9. The van der Waals surface area contributed by atoms with Gasteiger partial charge in [-0.25, -0.2) is 17.6 Å². The Kier molecular flexibility index (Phi) is 6.74. The zero-order chi connectivity index (χ0) is 25.2. The molecule has 0 saturated heterocycles. The Morgan fingerprint density at radius 1 is 0.971 bits per heavy atom. The van der Waals surface area contributed by atoms with Gasteiger partial charge in [-0.2, -0.15) is 0 Å². The summed E-state index contributed by atoms with van der Waals surface area (Å²) in [4.78, 5) is 25.0. The van der Waals surface area contributed by atoms with Crippen molar-refractivity contribution in [2.45, 2.75) is 11.3 Å². The molecule has 0 saturated carbocycles. The van der Waals surface area contributed by atoms with Gasteiger partial charge in [0.25, 0.3) is 10.0 Å². The summed E-state index contributed by atoms with van der Waals surface area (Å²) in [7, 11) is -1.35. The molecule has 0 spiro atoms. The average molecular weight is 500 g/mol. The second-order valence-corrected chi connectivity index (χ2v) is 9.53. The van der Waals surface area contributed by atoms with E-state index in [9.17, 15) is 22.4 Å². The van der Waals surface area contributed by atoms with E-state index in [-0.39, 0.29) is 34.1 Å². The Morgan fingerprint density at radius 2 is 1.69 bits per heavy atom. The highest BCUT2D eigenvalue weighted by Gasteiger charge is 2.32. The molecule has 1 heterocycles. The molecule has 1 aliphatic rings. The van der Waals surface area contributed by atoms with E-state index in [1.54, 1.807) is 12.1 Å². The normalized spacial score (nSPS) is 12.7. The summed E-state index contributed by atoms with van der Waals surface area (Å²) in [6.07, 6.45) is 0.578. The first-order chi connectivity index (χ1) is 16.8. The van der Waals surface area contributed by atoms with E-state index in [1.165, 1.54) is 42.8 Å². The minimum absolute atomic E-state index is 0.00732. The molecule has 0 fully saturated rings. The average Bonchev–Trinajstić information content (AvgIpc) is 3.31. The van der Waals surface area contributed by atoms with Crippen LogP contribution < -0.4 is 13.8 Å². The molecule has 4 rings (SSSR count). The third-order valence-corrected chi connectivity index (χ3v) is 7.44. The van der Waals surface area contributed by atoms with Crippen molar-refractivity contribution in [2.75, 3.05) is 31.7 Å². The molecule has 3 aromatic carbocycles. The molecule has 0 atom stereocenters. The number of benzene rings is 3. The number of carbonyl (C=O) groups is 2. The lowest BCUT2D eigenvalue weighted by molar-refractivity contribution is 0.0471. The molecular formula is C25H22FNO7S. The van der Waals surface area contributed by atoms with Gasteiger partial charge in [0, 0.05) is 12.1 Å². The molecule has 182 valence electrons. The van der Waals surface area contributed by atoms with Crippen molar-refractivity contribution in [3.05, 3.63) is 83.2 Å². The topological polar surface area (TPSA) is 99.2 Å². The van der Waals surface area contributed by atoms with Crippen molar-refractivity contribution in [3.63, 3.8) is 0 Å². The molecular weight excluding hydrogens is 477 g/mol. The van der Waals surface area contributed by atoms with Crippen molar-refractivity contribution in [1.82, 2.24) is 0 Å². The van der Waals surface area contributed by atoms with Gasteiger partial charge in [0.15, 0.2) is 24.0 Å². The van der Waals surface area contributed by atoms with Crippen molar-refractivity contribution >= 4 is 27.5 Å². The fourth-order valence-corrected chi connectivity index (χ4v) is 5.35. The fourth-order valence-electron chi connectivity index (χ4n) is 3.82. The van der Waals surface area contributed by atoms with Gasteiger partial charge in [0.1, 0.15) is 11.3 Å². The van der Waals surface area contributed by atoms with Crippen LogP contribution in [0.25, 0.3) is 0 Å². The van der Waals surface area contributed by atoms with Crippen LogP contribution in [-0.2, 0) is 21.2 Å². The number of hydrogen-bond donors (Lipinski definition) is 0. The number of para-hydroxylation sites is 1. The molecule has 3 aromatic rings. The molecule has 1 aliphatic heterocycles.